The van der Waals surface area contributed by atoms with Gasteiger partial charge in [-0.15, -0.1) is 0 Å². The Balaban J connectivity index is 2.95. The van der Waals surface area contributed by atoms with Crippen LogP contribution in [0.25, 0.3) is 0 Å². The molecular formula is C13H19FN2O4S. The number of carbonyl (C=O) groups is 1. The van der Waals surface area contributed by atoms with Crippen LogP contribution in [0.15, 0.2) is 17.0 Å². The van der Waals surface area contributed by atoms with Gasteiger partial charge in [-0.05, 0) is 31.5 Å². The maximum Gasteiger partial charge on any atom is 0.307 e. The molecule has 21 heavy (non-hydrogen) atoms. The molecule has 8 heteroatoms. The van der Waals surface area contributed by atoms with E-state index in [1.54, 1.807) is 13.8 Å². The van der Waals surface area contributed by atoms with Gasteiger partial charge in [-0.1, -0.05) is 0 Å². The van der Waals surface area contributed by atoms with Crippen LogP contribution in [0.5, 0.6) is 0 Å². The number of sulfonamides is 1. The first-order valence-corrected chi connectivity index (χ1v) is 7.81. The summed E-state index contributed by atoms with van der Waals surface area (Å²) in [5.74, 6) is -1.38. The van der Waals surface area contributed by atoms with Gasteiger partial charge in [0.2, 0.25) is 10.0 Å². The average Bonchev–Trinajstić information content (AvgIpc) is 2.40. The molecular weight excluding hydrogens is 299 g/mol. The van der Waals surface area contributed by atoms with E-state index in [1.165, 1.54) is 7.05 Å². The molecule has 6 nitrogen and oxygen atoms in total. The Labute approximate surface area is 123 Å². The Kier molecular flexibility index (Phi) is 5.68. The number of nitrogen functional groups attached to an aromatic ring is 1. The summed E-state index contributed by atoms with van der Waals surface area (Å²) in [5.41, 5.74) is 6.27. The molecule has 1 aromatic rings. The van der Waals surface area contributed by atoms with Crippen molar-refractivity contribution in [2.24, 2.45) is 0 Å². The molecule has 0 saturated carbocycles. The fourth-order valence-electron chi connectivity index (χ4n) is 1.64. The minimum absolute atomic E-state index is 0.103. The van der Waals surface area contributed by atoms with Gasteiger partial charge in [0.15, 0.2) is 0 Å². The lowest BCUT2D eigenvalue weighted by Gasteiger charge is -2.18. The number of halogens is 1. The van der Waals surface area contributed by atoms with Gasteiger partial charge in [-0.2, -0.15) is 0 Å². The number of hydrogen-bond donors (Lipinski definition) is 1. The summed E-state index contributed by atoms with van der Waals surface area (Å²) in [7, 11) is -2.78. The van der Waals surface area contributed by atoms with Crippen LogP contribution in [0.4, 0.5) is 10.1 Å². The first-order valence-electron chi connectivity index (χ1n) is 6.37. The lowest BCUT2D eigenvalue weighted by Crippen LogP contribution is -2.30. The molecule has 118 valence electrons. The van der Waals surface area contributed by atoms with Gasteiger partial charge in [-0.3, -0.25) is 4.79 Å². The molecule has 0 aliphatic heterocycles. The number of ether oxygens (including phenoxy) is 1. The number of aryl methyl sites for hydroxylation is 1. The van der Waals surface area contributed by atoms with Gasteiger partial charge in [-0.25, -0.2) is 17.1 Å². The number of carbonyl (C=O) groups excluding carboxylic acids is 1. The van der Waals surface area contributed by atoms with Crippen molar-refractivity contribution in [2.75, 3.05) is 25.9 Å². The Morgan fingerprint density at radius 2 is 2.05 bits per heavy atom. The highest BCUT2D eigenvalue weighted by atomic mass is 32.2. The zero-order chi connectivity index (χ0) is 16.2. The fraction of sp³-hybridized carbons (Fsp3) is 0.462. The van der Waals surface area contributed by atoms with Gasteiger partial charge in [0.05, 0.1) is 13.0 Å². The summed E-state index contributed by atoms with van der Waals surface area (Å²) >= 11 is 0. The Morgan fingerprint density at radius 1 is 1.43 bits per heavy atom. The number of nitrogens with zero attached hydrogens (tertiary/aromatic N) is 1. The molecule has 0 aliphatic carbocycles. The van der Waals surface area contributed by atoms with Crippen LogP contribution in [0.3, 0.4) is 0 Å². The highest BCUT2D eigenvalue weighted by molar-refractivity contribution is 7.89. The zero-order valence-electron chi connectivity index (χ0n) is 12.2. The van der Waals surface area contributed by atoms with Crippen LogP contribution in [0.2, 0.25) is 0 Å². The largest absolute Gasteiger partial charge is 0.466 e. The van der Waals surface area contributed by atoms with Gasteiger partial charge >= 0.3 is 5.97 Å². The van der Waals surface area contributed by atoms with Crippen molar-refractivity contribution in [1.29, 1.82) is 0 Å². The van der Waals surface area contributed by atoms with E-state index in [1.807, 2.05) is 0 Å². The minimum atomic E-state index is -4.05. The predicted octanol–water partition coefficient (Wildman–Crippen LogP) is 1.29. The summed E-state index contributed by atoms with van der Waals surface area (Å²) in [5, 5.41) is 0. The third-order valence-corrected chi connectivity index (χ3v) is 4.82. The molecule has 1 rings (SSSR count). The van der Waals surface area contributed by atoms with E-state index in [4.69, 9.17) is 10.5 Å². The van der Waals surface area contributed by atoms with Crippen molar-refractivity contribution in [3.63, 3.8) is 0 Å². The molecule has 2 N–H and O–H groups in total. The quantitative estimate of drug-likeness (QED) is 0.630. The fourth-order valence-corrected chi connectivity index (χ4v) is 2.88. The average molecular weight is 318 g/mol. The van der Waals surface area contributed by atoms with Crippen LogP contribution < -0.4 is 5.73 Å². The maximum absolute atomic E-state index is 13.9. The van der Waals surface area contributed by atoms with E-state index >= 15 is 0 Å². The van der Waals surface area contributed by atoms with Crippen molar-refractivity contribution in [3.8, 4) is 0 Å². The van der Waals surface area contributed by atoms with E-state index in [2.05, 4.69) is 0 Å². The number of nitrogens with two attached hydrogens (primary N) is 1. The zero-order valence-corrected chi connectivity index (χ0v) is 13.0. The Bertz CT molecular complexity index is 631. The molecule has 0 fully saturated rings. The van der Waals surface area contributed by atoms with Crippen molar-refractivity contribution >= 4 is 21.7 Å². The summed E-state index contributed by atoms with van der Waals surface area (Å²) in [6, 6.07) is 2.16. The second kappa shape index (κ2) is 6.86. The standard InChI is InChI=1S/C13H19FN2O4S/c1-4-20-13(17)5-6-16(3)21(18,19)12-8-11(15)9(2)7-10(12)14/h7-8H,4-6,15H2,1-3H3. The first-order chi connectivity index (χ1) is 9.70. The maximum atomic E-state index is 13.9. The molecule has 0 saturated heterocycles. The van der Waals surface area contributed by atoms with Crippen molar-refractivity contribution < 1.29 is 22.3 Å². The third-order valence-electron chi connectivity index (χ3n) is 2.94. The van der Waals surface area contributed by atoms with Crippen LogP contribution in [0, 0.1) is 12.7 Å². The van der Waals surface area contributed by atoms with Crippen LogP contribution in [0.1, 0.15) is 18.9 Å². The van der Waals surface area contributed by atoms with E-state index in [0.717, 1.165) is 16.4 Å². The Hall–Kier alpha value is -1.67. The van der Waals surface area contributed by atoms with E-state index in [9.17, 15) is 17.6 Å². The summed E-state index contributed by atoms with van der Waals surface area (Å²) in [4.78, 5) is 10.7. The molecule has 0 unspecified atom stereocenters. The van der Waals surface area contributed by atoms with Crippen molar-refractivity contribution in [3.05, 3.63) is 23.5 Å². The van der Waals surface area contributed by atoms with Gasteiger partial charge in [0, 0.05) is 19.3 Å². The third kappa shape index (κ3) is 4.15. The smallest absolute Gasteiger partial charge is 0.307 e. The second-order valence-electron chi connectivity index (χ2n) is 4.52. The molecule has 0 aromatic heterocycles. The normalized spacial score (nSPS) is 11.7. The molecule has 0 heterocycles. The van der Waals surface area contributed by atoms with Crippen molar-refractivity contribution in [1.82, 2.24) is 4.31 Å². The van der Waals surface area contributed by atoms with E-state index in [0.29, 0.717) is 5.56 Å². The number of esters is 1. The lowest BCUT2D eigenvalue weighted by molar-refractivity contribution is -0.143. The summed E-state index contributed by atoms with van der Waals surface area (Å²) in [6.45, 7) is 3.36. The number of benzene rings is 1. The lowest BCUT2D eigenvalue weighted by atomic mass is 10.2. The molecule has 0 spiro atoms. The van der Waals surface area contributed by atoms with Gasteiger partial charge in [0.25, 0.3) is 0 Å². The SMILES string of the molecule is CCOC(=O)CCN(C)S(=O)(=O)c1cc(N)c(C)cc1F. The van der Waals surface area contributed by atoms with Crippen molar-refractivity contribution in [2.45, 2.75) is 25.2 Å². The minimum Gasteiger partial charge on any atom is -0.466 e. The van der Waals surface area contributed by atoms with Gasteiger partial charge in [0.1, 0.15) is 10.7 Å². The molecule has 0 aliphatic rings. The van der Waals surface area contributed by atoms with Gasteiger partial charge < -0.3 is 10.5 Å². The van der Waals surface area contributed by atoms with Crippen LogP contribution >= 0.6 is 0 Å². The van der Waals surface area contributed by atoms with E-state index in [-0.39, 0.29) is 25.3 Å². The second-order valence-corrected chi connectivity index (χ2v) is 6.53. The number of hydrogen-bond acceptors (Lipinski definition) is 5. The van der Waals surface area contributed by atoms with Crippen LogP contribution in [-0.2, 0) is 19.6 Å². The number of rotatable bonds is 6. The highest BCUT2D eigenvalue weighted by Crippen LogP contribution is 2.23. The molecule has 0 amide bonds. The monoisotopic (exact) mass is 318 g/mol. The topological polar surface area (TPSA) is 89.7 Å². The Morgan fingerprint density at radius 3 is 2.62 bits per heavy atom. The molecule has 1 aromatic carbocycles. The highest BCUT2D eigenvalue weighted by Gasteiger charge is 2.25. The van der Waals surface area contributed by atoms with Crippen LogP contribution in [-0.4, -0.2) is 38.9 Å². The summed E-state index contributed by atoms with van der Waals surface area (Å²) in [6.07, 6.45) is -0.105. The van der Waals surface area contributed by atoms with E-state index < -0.39 is 26.7 Å². The summed E-state index contributed by atoms with van der Waals surface area (Å²) < 4.78 is 44.0. The molecule has 0 bridgehead atoms. The first kappa shape index (κ1) is 17.4. The predicted molar refractivity (Wildman–Crippen MR) is 76.6 cm³/mol. The molecule has 0 atom stereocenters. The molecule has 0 radical (unpaired) electrons. The number of anilines is 1.